The summed E-state index contributed by atoms with van der Waals surface area (Å²) in [7, 11) is 5.21. The van der Waals surface area contributed by atoms with Gasteiger partial charge in [0.15, 0.2) is 5.96 Å². The number of guanidine groups is 1. The van der Waals surface area contributed by atoms with Crippen LogP contribution in [-0.4, -0.2) is 76.9 Å². The molecule has 0 radical (unpaired) electrons. The summed E-state index contributed by atoms with van der Waals surface area (Å²) >= 11 is 0. The Labute approximate surface area is 192 Å². The van der Waals surface area contributed by atoms with Crippen molar-refractivity contribution in [3.8, 4) is 11.5 Å². The lowest BCUT2D eigenvalue weighted by atomic mass is 10.2. The first kappa shape index (κ1) is 23.9. The number of halogens is 1. The number of likely N-dealkylation sites (N-methyl/N-ethyl adjacent to an activating group) is 1. The summed E-state index contributed by atoms with van der Waals surface area (Å²) in [6.07, 6.45) is 3.78. The number of ether oxygens (including phenoxy) is 2. The molecule has 1 aliphatic heterocycles. The summed E-state index contributed by atoms with van der Waals surface area (Å²) in [5, 5.41) is 7.05. The molecule has 164 valence electrons. The van der Waals surface area contributed by atoms with Gasteiger partial charge in [-0.15, -0.1) is 24.0 Å². The normalized spacial score (nSPS) is 19.1. The van der Waals surface area contributed by atoms with Gasteiger partial charge in [-0.25, -0.2) is 0 Å². The van der Waals surface area contributed by atoms with Crippen molar-refractivity contribution in [2.24, 2.45) is 4.99 Å². The monoisotopic (exact) mass is 517 g/mol. The van der Waals surface area contributed by atoms with Gasteiger partial charge in [-0.1, -0.05) is 6.92 Å². The third-order valence-electron chi connectivity index (χ3n) is 5.61. The molecule has 2 aliphatic rings. The second kappa shape index (κ2) is 11.7. The van der Waals surface area contributed by atoms with E-state index in [2.05, 4.69) is 44.5 Å². The molecule has 1 atom stereocenters. The van der Waals surface area contributed by atoms with Crippen molar-refractivity contribution in [2.45, 2.75) is 38.3 Å². The Balaban J connectivity index is 0.00000300. The molecule has 2 fully saturated rings. The van der Waals surface area contributed by atoms with E-state index in [1.165, 1.54) is 12.8 Å². The minimum Gasteiger partial charge on any atom is -0.497 e. The van der Waals surface area contributed by atoms with Gasteiger partial charge in [0.2, 0.25) is 0 Å². The first-order valence-corrected chi connectivity index (χ1v) is 10.4. The van der Waals surface area contributed by atoms with Gasteiger partial charge in [-0.2, -0.15) is 0 Å². The van der Waals surface area contributed by atoms with Crippen molar-refractivity contribution >= 4 is 35.6 Å². The number of methoxy groups -OCH3 is 2. The minimum absolute atomic E-state index is 0. The minimum atomic E-state index is 0. The number of rotatable bonds is 9. The Morgan fingerprint density at radius 1 is 1.17 bits per heavy atom. The van der Waals surface area contributed by atoms with Crippen LogP contribution in [0.25, 0.3) is 0 Å². The number of benzene rings is 1. The lowest BCUT2D eigenvalue weighted by Crippen LogP contribution is -2.46. The van der Waals surface area contributed by atoms with Crippen molar-refractivity contribution in [1.82, 2.24) is 15.5 Å². The fourth-order valence-corrected chi connectivity index (χ4v) is 3.83. The largest absolute Gasteiger partial charge is 0.497 e. The zero-order chi connectivity index (χ0) is 19.9. The number of hydrogen-bond donors (Lipinski definition) is 2. The summed E-state index contributed by atoms with van der Waals surface area (Å²) in [6.45, 7) is 7.29. The summed E-state index contributed by atoms with van der Waals surface area (Å²) < 4.78 is 10.8. The van der Waals surface area contributed by atoms with Crippen LogP contribution in [-0.2, 0) is 0 Å². The first-order chi connectivity index (χ1) is 13.7. The lowest BCUT2D eigenvalue weighted by Gasteiger charge is -2.23. The van der Waals surface area contributed by atoms with Crippen LogP contribution >= 0.6 is 24.0 Å². The molecule has 0 bridgehead atoms. The lowest BCUT2D eigenvalue weighted by molar-refractivity contribution is 0.282. The van der Waals surface area contributed by atoms with Crippen LogP contribution in [0.2, 0.25) is 0 Å². The van der Waals surface area contributed by atoms with E-state index in [9.17, 15) is 0 Å². The van der Waals surface area contributed by atoms with E-state index in [1.54, 1.807) is 14.2 Å². The molecular formula is C21H36IN5O2. The smallest absolute Gasteiger partial charge is 0.191 e. The molecular weight excluding hydrogens is 481 g/mol. The fourth-order valence-electron chi connectivity index (χ4n) is 3.83. The summed E-state index contributed by atoms with van der Waals surface area (Å²) in [5.41, 5.74) is 1.13. The van der Waals surface area contributed by atoms with Crippen molar-refractivity contribution in [3.05, 3.63) is 18.2 Å². The molecule has 1 heterocycles. The van der Waals surface area contributed by atoms with Crippen LogP contribution in [0.4, 0.5) is 5.69 Å². The molecule has 1 saturated carbocycles. The molecule has 1 aromatic carbocycles. The van der Waals surface area contributed by atoms with Crippen molar-refractivity contribution in [3.63, 3.8) is 0 Å². The van der Waals surface area contributed by atoms with Gasteiger partial charge in [-0.3, -0.25) is 9.89 Å². The molecule has 29 heavy (non-hydrogen) atoms. The van der Waals surface area contributed by atoms with Crippen LogP contribution in [0.15, 0.2) is 23.2 Å². The zero-order valence-corrected chi connectivity index (χ0v) is 20.4. The predicted octanol–water partition coefficient (Wildman–Crippen LogP) is 2.55. The molecule has 8 heteroatoms. The second-order valence-corrected chi connectivity index (χ2v) is 7.51. The average molecular weight is 517 g/mol. The maximum atomic E-state index is 5.40. The highest BCUT2D eigenvalue weighted by atomic mass is 127. The van der Waals surface area contributed by atoms with E-state index in [-0.39, 0.29) is 24.0 Å². The molecule has 0 spiro atoms. The molecule has 1 aromatic rings. The van der Waals surface area contributed by atoms with Crippen molar-refractivity contribution in [1.29, 1.82) is 0 Å². The van der Waals surface area contributed by atoms with E-state index in [0.717, 1.165) is 68.3 Å². The molecule has 3 rings (SSSR count). The van der Waals surface area contributed by atoms with Crippen LogP contribution < -0.4 is 25.0 Å². The molecule has 1 unspecified atom stereocenters. The summed E-state index contributed by atoms with van der Waals surface area (Å²) in [5.74, 6) is 2.53. The Bertz CT molecular complexity index is 646. The molecule has 0 aromatic heterocycles. The zero-order valence-electron chi connectivity index (χ0n) is 18.1. The summed E-state index contributed by atoms with van der Waals surface area (Å²) in [4.78, 5) is 9.32. The van der Waals surface area contributed by atoms with Gasteiger partial charge >= 0.3 is 0 Å². The first-order valence-electron chi connectivity index (χ1n) is 10.4. The Morgan fingerprint density at radius 2 is 1.86 bits per heavy atom. The number of hydrogen-bond acceptors (Lipinski definition) is 5. The quantitative estimate of drug-likeness (QED) is 0.299. The van der Waals surface area contributed by atoms with Gasteiger partial charge < -0.3 is 25.0 Å². The van der Waals surface area contributed by atoms with Crippen LogP contribution in [0.5, 0.6) is 11.5 Å². The summed E-state index contributed by atoms with van der Waals surface area (Å²) in [6, 6.07) is 7.21. The molecule has 1 saturated heterocycles. The molecule has 1 aliphatic carbocycles. The third kappa shape index (κ3) is 6.80. The highest BCUT2D eigenvalue weighted by Crippen LogP contribution is 2.30. The topological polar surface area (TPSA) is 61.4 Å². The number of anilines is 1. The fraction of sp³-hybridized carbons (Fsp3) is 0.667. The SMILES string of the molecule is CCN(CCNC(=NC)NC1CCN(c2cc(OC)cc(OC)c2)C1)C1CC1.I. The van der Waals surface area contributed by atoms with E-state index in [4.69, 9.17) is 9.47 Å². The second-order valence-electron chi connectivity index (χ2n) is 7.51. The van der Waals surface area contributed by atoms with Gasteiger partial charge in [0, 0.05) is 69.2 Å². The number of nitrogens with one attached hydrogen (secondary N) is 2. The van der Waals surface area contributed by atoms with E-state index >= 15 is 0 Å². The predicted molar refractivity (Wildman–Crippen MR) is 130 cm³/mol. The highest BCUT2D eigenvalue weighted by molar-refractivity contribution is 14.0. The third-order valence-corrected chi connectivity index (χ3v) is 5.61. The van der Waals surface area contributed by atoms with E-state index in [1.807, 2.05) is 13.1 Å². The van der Waals surface area contributed by atoms with Crippen molar-refractivity contribution in [2.75, 3.05) is 58.9 Å². The Hall–Kier alpha value is -1.42. The van der Waals surface area contributed by atoms with Gasteiger partial charge in [-0.05, 0) is 25.8 Å². The molecule has 7 nitrogen and oxygen atoms in total. The Morgan fingerprint density at radius 3 is 2.41 bits per heavy atom. The standard InChI is InChI=1S/C21H35N5O2.HI/c1-5-25(17-6-7-17)11-9-23-21(22-2)24-16-8-10-26(15-16)18-12-19(27-3)14-20(13-18)28-4;/h12-14,16-17H,5-11,15H2,1-4H3,(H2,22,23,24);1H. The van der Waals surface area contributed by atoms with Crippen LogP contribution in [0.1, 0.15) is 26.2 Å². The maximum absolute atomic E-state index is 5.40. The van der Waals surface area contributed by atoms with Gasteiger partial charge in [0.25, 0.3) is 0 Å². The van der Waals surface area contributed by atoms with Crippen molar-refractivity contribution < 1.29 is 9.47 Å². The van der Waals surface area contributed by atoms with Crippen LogP contribution in [0, 0.1) is 0 Å². The molecule has 0 amide bonds. The van der Waals surface area contributed by atoms with Crippen LogP contribution in [0.3, 0.4) is 0 Å². The van der Waals surface area contributed by atoms with Gasteiger partial charge in [0.05, 0.1) is 14.2 Å². The Kier molecular flexibility index (Phi) is 9.61. The number of aliphatic imine (C=N–C) groups is 1. The van der Waals surface area contributed by atoms with E-state index < -0.39 is 0 Å². The average Bonchev–Trinajstić information content (AvgIpc) is 3.47. The highest BCUT2D eigenvalue weighted by Gasteiger charge is 2.27. The van der Waals surface area contributed by atoms with E-state index in [0.29, 0.717) is 6.04 Å². The maximum Gasteiger partial charge on any atom is 0.191 e. The number of nitrogens with zero attached hydrogens (tertiary/aromatic N) is 3. The van der Waals surface area contributed by atoms with Gasteiger partial charge in [0.1, 0.15) is 11.5 Å². The molecule has 2 N–H and O–H groups in total.